The molecule has 3 heterocycles. The van der Waals surface area contributed by atoms with Crippen molar-refractivity contribution in [1.82, 2.24) is 19.8 Å². The molecule has 0 radical (unpaired) electrons. The van der Waals surface area contributed by atoms with Crippen molar-refractivity contribution in [2.45, 2.75) is 6.10 Å². The van der Waals surface area contributed by atoms with Crippen LogP contribution < -0.4 is 4.90 Å². The molecule has 1 aromatic carbocycles. The van der Waals surface area contributed by atoms with Crippen molar-refractivity contribution in [2.24, 2.45) is 0 Å². The van der Waals surface area contributed by atoms with Gasteiger partial charge in [-0.15, -0.1) is 0 Å². The van der Waals surface area contributed by atoms with Crippen LogP contribution in [0, 0.1) is 0 Å². The maximum Gasteiger partial charge on any atom is 0.236 e. The summed E-state index contributed by atoms with van der Waals surface area (Å²) in [6.45, 7) is 5.71. The van der Waals surface area contributed by atoms with Crippen LogP contribution in [0.4, 0.5) is 5.95 Å². The van der Waals surface area contributed by atoms with Gasteiger partial charge in [-0.05, 0) is 11.6 Å². The van der Waals surface area contributed by atoms with E-state index in [-0.39, 0.29) is 12.0 Å². The molecule has 2 aromatic rings. The SMILES string of the molecule is O=C(CN1CCN(c2ncccn2)CC1)N1CCOC(c2ccccc2)C1. The van der Waals surface area contributed by atoms with Gasteiger partial charge in [-0.1, -0.05) is 30.3 Å². The third-order valence-electron chi connectivity index (χ3n) is 5.16. The van der Waals surface area contributed by atoms with Crippen molar-refractivity contribution in [3.63, 3.8) is 0 Å². The van der Waals surface area contributed by atoms with Gasteiger partial charge in [0, 0.05) is 45.1 Å². The normalized spacial score (nSPS) is 21.3. The molecule has 1 atom stereocenters. The molecule has 2 fully saturated rings. The molecule has 4 rings (SSSR count). The van der Waals surface area contributed by atoms with Gasteiger partial charge in [-0.2, -0.15) is 0 Å². The van der Waals surface area contributed by atoms with Crippen molar-refractivity contribution in [3.05, 3.63) is 54.4 Å². The molecule has 2 aliphatic rings. The molecule has 2 aliphatic heterocycles. The van der Waals surface area contributed by atoms with Crippen LogP contribution in [0.3, 0.4) is 0 Å². The number of nitrogens with zero attached hydrogens (tertiary/aromatic N) is 5. The molecule has 0 spiro atoms. The smallest absolute Gasteiger partial charge is 0.236 e. The molecule has 1 amide bonds. The fourth-order valence-electron chi connectivity index (χ4n) is 3.60. The van der Waals surface area contributed by atoms with E-state index in [1.807, 2.05) is 29.2 Å². The van der Waals surface area contributed by atoms with Crippen LogP contribution in [0.2, 0.25) is 0 Å². The number of piperazine rings is 1. The molecular weight excluding hydrogens is 342 g/mol. The maximum atomic E-state index is 12.8. The summed E-state index contributed by atoms with van der Waals surface area (Å²) in [6.07, 6.45) is 3.50. The second-order valence-corrected chi connectivity index (χ2v) is 6.92. The molecule has 0 bridgehead atoms. The Labute approximate surface area is 159 Å². The Morgan fingerprint density at radius 2 is 1.74 bits per heavy atom. The van der Waals surface area contributed by atoms with E-state index in [2.05, 4.69) is 31.9 Å². The third-order valence-corrected chi connectivity index (χ3v) is 5.16. The standard InChI is InChI=1S/C20H25N5O2/c26-19(25-13-14-27-18(15-25)17-5-2-1-3-6-17)16-23-9-11-24(12-10-23)20-21-7-4-8-22-20/h1-8,18H,9-16H2. The zero-order chi connectivity index (χ0) is 18.5. The number of benzene rings is 1. The summed E-state index contributed by atoms with van der Waals surface area (Å²) in [5, 5.41) is 0. The van der Waals surface area contributed by atoms with Crippen molar-refractivity contribution < 1.29 is 9.53 Å². The molecule has 1 unspecified atom stereocenters. The van der Waals surface area contributed by atoms with E-state index in [0.29, 0.717) is 26.2 Å². The quantitative estimate of drug-likeness (QED) is 0.809. The molecule has 0 aliphatic carbocycles. The lowest BCUT2D eigenvalue weighted by Gasteiger charge is -2.37. The van der Waals surface area contributed by atoms with Gasteiger partial charge in [0.1, 0.15) is 6.10 Å². The van der Waals surface area contributed by atoms with Crippen LogP contribution in [0.25, 0.3) is 0 Å². The van der Waals surface area contributed by atoms with Gasteiger partial charge in [-0.3, -0.25) is 9.69 Å². The van der Waals surface area contributed by atoms with Crippen molar-refractivity contribution in [1.29, 1.82) is 0 Å². The number of aromatic nitrogens is 2. The first-order valence-electron chi connectivity index (χ1n) is 9.48. The maximum absolute atomic E-state index is 12.8. The summed E-state index contributed by atoms with van der Waals surface area (Å²) in [4.78, 5) is 27.7. The van der Waals surface area contributed by atoms with Crippen molar-refractivity contribution in [2.75, 3.05) is 57.3 Å². The first-order valence-corrected chi connectivity index (χ1v) is 9.48. The lowest BCUT2D eigenvalue weighted by Crippen LogP contribution is -2.52. The van der Waals surface area contributed by atoms with Gasteiger partial charge in [-0.25, -0.2) is 9.97 Å². The molecule has 0 saturated carbocycles. The summed E-state index contributed by atoms with van der Waals surface area (Å²) in [6, 6.07) is 12.0. The van der Waals surface area contributed by atoms with Crippen molar-refractivity contribution in [3.8, 4) is 0 Å². The zero-order valence-electron chi connectivity index (χ0n) is 15.4. The van der Waals surface area contributed by atoms with E-state index >= 15 is 0 Å². The minimum atomic E-state index is -0.0315. The Hall–Kier alpha value is -2.51. The number of amides is 1. The van der Waals surface area contributed by atoms with Crippen LogP contribution in [0.5, 0.6) is 0 Å². The zero-order valence-corrected chi connectivity index (χ0v) is 15.4. The van der Waals surface area contributed by atoms with Gasteiger partial charge < -0.3 is 14.5 Å². The highest BCUT2D eigenvalue weighted by atomic mass is 16.5. The lowest BCUT2D eigenvalue weighted by atomic mass is 10.1. The third kappa shape index (κ3) is 4.43. The monoisotopic (exact) mass is 367 g/mol. The second kappa shape index (κ2) is 8.45. The Morgan fingerprint density at radius 3 is 2.48 bits per heavy atom. The van der Waals surface area contributed by atoms with E-state index in [1.165, 1.54) is 0 Å². The highest BCUT2D eigenvalue weighted by Crippen LogP contribution is 2.22. The fourth-order valence-corrected chi connectivity index (χ4v) is 3.60. The van der Waals surface area contributed by atoms with Gasteiger partial charge in [0.2, 0.25) is 11.9 Å². The highest BCUT2D eigenvalue weighted by molar-refractivity contribution is 5.78. The van der Waals surface area contributed by atoms with E-state index < -0.39 is 0 Å². The molecule has 0 N–H and O–H groups in total. The largest absolute Gasteiger partial charge is 0.370 e. The number of anilines is 1. The second-order valence-electron chi connectivity index (χ2n) is 6.92. The Kier molecular flexibility index (Phi) is 5.60. The van der Waals surface area contributed by atoms with Gasteiger partial charge in [0.05, 0.1) is 19.7 Å². The molecule has 27 heavy (non-hydrogen) atoms. The van der Waals surface area contributed by atoms with Crippen LogP contribution in [-0.4, -0.2) is 78.1 Å². The summed E-state index contributed by atoms with van der Waals surface area (Å²) >= 11 is 0. The van der Waals surface area contributed by atoms with Crippen LogP contribution in [-0.2, 0) is 9.53 Å². The number of ether oxygens (including phenoxy) is 1. The van der Waals surface area contributed by atoms with Gasteiger partial charge in [0.15, 0.2) is 0 Å². The lowest BCUT2D eigenvalue weighted by molar-refractivity contribution is -0.140. The van der Waals surface area contributed by atoms with Crippen LogP contribution in [0.1, 0.15) is 11.7 Å². The number of morpholine rings is 1. The van der Waals surface area contributed by atoms with E-state index in [1.54, 1.807) is 12.4 Å². The number of rotatable bonds is 4. The van der Waals surface area contributed by atoms with Gasteiger partial charge in [0.25, 0.3) is 0 Å². The molecule has 7 heteroatoms. The van der Waals surface area contributed by atoms with Crippen LogP contribution in [0.15, 0.2) is 48.8 Å². The number of hydrogen-bond donors (Lipinski definition) is 0. The van der Waals surface area contributed by atoms with Crippen LogP contribution >= 0.6 is 0 Å². The molecule has 1 aromatic heterocycles. The predicted molar refractivity (Wildman–Crippen MR) is 102 cm³/mol. The Balaban J connectivity index is 1.28. The molecular formula is C20H25N5O2. The average molecular weight is 367 g/mol. The van der Waals surface area contributed by atoms with Crippen molar-refractivity contribution >= 4 is 11.9 Å². The minimum Gasteiger partial charge on any atom is -0.370 e. The summed E-state index contributed by atoms with van der Waals surface area (Å²) in [7, 11) is 0. The first-order chi connectivity index (χ1) is 13.3. The summed E-state index contributed by atoms with van der Waals surface area (Å²) < 4.78 is 5.87. The van der Waals surface area contributed by atoms with E-state index in [9.17, 15) is 4.79 Å². The van der Waals surface area contributed by atoms with Gasteiger partial charge >= 0.3 is 0 Å². The molecule has 142 valence electrons. The van der Waals surface area contributed by atoms with E-state index in [0.717, 1.165) is 37.7 Å². The number of hydrogen-bond acceptors (Lipinski definition) is 6. The fraction of sp³-hybridized carbons (Fsp3) is 0.450. The Bertz CT molecular complexity index is 735. The first kappa shape index (κ1) is 17.9. The minimum absolute atomic E-state index is 0.0315. The molecule has 2 saturated heterocycles. The average Bonchev–Trinajstić information content (AvgIpc) is 2.75. The Morgan fingerprint density at radius 1 is 1.00 bits per heavy atom. The topological polar surface area (TPSA) is 61.8 Å². The predicted octanol–water partition coefficient (Wildman–Crippen LogP) is 1.20. The number of carbonyl (C=O) groups is 1. The number of carbonyl (C=O) groups excluding carboxylic acids is 1. The summed E-state index contributed by atoms with van der Waals surface area (Å²) in [5.41, 5.74) is 1.13. The van der Waals surface area contributed by atoms with E-state index in [4.69, 9.17) is 4.74 Å². The summed E-state index contributed by atoms with van der Waals surface area (Å²) in [5.74, 6) is 0.950. The molecule has 7 nitrogen and oxygen atoms in total. The highest BCUT2D eigenvalue weighted by Gasteiger charge is 2.27.